The quantitative estimate of drug-likeness (QED) is 0.550. The Labute approximate surface area is 200 Å². The fourth-order valence-electron chi connectivity index (χ4n) is 5.55. The van der Waals surface area contributed by atoms with Crippen LogP contribution in [-0.2, 0) is 29.0 Å². The molecular formula is C28H33N3O3. The molecule has 5 rings (SSSR count). The van der Waals surface area contributed by atoms with Gasteiger partial charge in [0.05, 0.1) is 13.0 Å². The monoisotopic (exact) mass is 459 g/mol. The number of nitrogens with zero attached hydrogens (tertiary/aromatic N) is 2. The third kappa shape index (κ3) is 4.73. The summed E-state index contributed by atoms with van der Waals surface area (Å²) in [6.45, 7) is 2.95. The van der Waals surface area contributed by atoms with Gasteiger partial charge < -0.3 is 19.5 Å². The van der Waals surface area contributed by atoms with Crippen LogP contribution in [0.1, 0.15) is 47.2 Å². The van der Waals surface area contributed by atoms with E-state index in [4.69, 9.17) is 4.74 Å². The van der Waals surface area contributed by atoms with Gasteiger partial charge in [-0.2, -0.15) is 0 Å². The Bertz CT molecular complexity index is 1180. The zero-order valence-corrected chi connectivity index (χ0v) is 19.8. The molecule has 3 aromatic rings. The van der Waals surface area contributed by atoms with Gasteiger partial charge >= 0.3 is 0 Å². The van der Waals surface area contributed by atoms with E-state index in [2.05, 4.69) is 34.3 Å². The van der Waals surface area contributed by atoms with Crippen molar-refractivity contribution >= 4 is 22.7 Å². The van der Waals surface area contributed by atoms with E-state index in [1.54, 1.807) is 7.11 Å². The van der Waals surface area contributed by atoms with Crippen LogP contribution in [0.3, 0.4) is 0 Å². The topological polar surface area (TPSA) is 63.6 Å². The Morgan fingerprint density at radius 1 is 1.06 bits per heavy atom. The fraction of sp³-hybridized carbons (Fsp3) is 0.429. The van der Waals surface area contributed by atoms with Crippen molar-refractivity contribution in [2.45, 2.75) is 51.2 Å². The van der Waals surface area contributed by atoms with Gasteiger partial charge in [0.2, 0.25) is 5.91 Å². The maximum atomic E-state index is 12.9. The minimum Gasteiger partial charge on any atom is -0.383 e. The van der Waals surface area contributed by atoms with Crippen molar-refractivity contribution in [1.29, 1.82) is 0 Å². The molecular weight excluding hydrogens is 426 g/mol. The van der Waals surface area contributed by atoms with Crippen molar-refractivity contribution in [2.75, 3.05) is 20.3 Å². The van der Waals surface area contributed by atoms with E-state index in [1.807, 2.05) is 35.2 Å². The first-order valence-electron chi connectivity index (χ1n) is 12.3. The van der Waals surface area contributed by atoms with Crippen molar-refractivity contribution < 1.29 is 14.3 Å². The number of para-hydroxylation sites is 1. The Balaban J connectivity index is 1.13. The predicted molar refractivity (Wildman–Crippen MR) is 133 cm³/mol. The summed E-state index contributed by atoms with van der Waals surface area (Å²) in [6.07, 6.45) is 6.51. The average Bonchev–Trinajstić information content (AvgIpc) is 3.36. The molecule has 0 spiro atoms. The van der Waals surface area contributed by atoms with Gasteiger partial charge in [-0.25, -0.2) is 0 Å². The highest BCUT2D eigenvalue weighted by atomic mass is 16.5. The molecule has 6 nitrogen and oxygen atoms in total. The van der Waals surface area contributed by atoms with Gasteiger partial charge in [-0.1, -0.05) is 36.4 Å². The molecule has 0 bridgehead atoms. The number of nitrogens with one attached hydrogen (secondary N) is 1. The fourth-order valence-corrected chi connectivity index (χ4v) is 5.55. The first-order chi connectivity index (χ1) is 16.6. The Kier molecular flexibility index (Phi) is 6.68. The first-order valence-corrected chi connectivity index (χ1v) is 12.3. The maximum absolute atomic E-state index is 12.9. The zero-order chi connectivity index (χ0) is 23.5. The molecule has 1 N–H and O–H groups in total. The van der Waals surface area contributed by atoms with Crippen LogP contribution in [0, 0.1) is 5.92 Å². The Morgan fingerprint density at radius 2 is 1.82 bits per heavy atom. The van der Waals surface area contributed by atoms with Gasteiger partial charge in [0, 0.05) is 55.4 Å². The molecule has 34 heavy (non-hydrogen) atoms. The molecule has 178 valence electrons. The summed E-state index contributed by atoms with van der Waals surface area (Å²) in [4.78, 5) is 27.5. The highest BCUT2D eigenvalue weighted by molar-refractivity contribution is 5.98. The molecule has 2 aromatic carbocycles. The molecule has 1 fully saturated rings. The van der Waals surface area contributed by atoms with Crippen LogP contribution in [0.5, 0.6) is 0 Å². The van der Waals surface area contributed by atoms with Crippen molar-refractivity contribution in [1.82, 2.24) is 14.8 Å². The molecule has 1 saturated carbocycles. The first kappa shape index (κ1) is 22.7. The number of amides is 2. The number of hydrogen-bond acceptors (Lipinski definition) is 3. The minimum atomic E-state index is 0.0864. The van der Waals surface area contributed by atoms with Crippen molar-refractivity contribution in [3.05, 3.63) is 71.4 Å². The van der Waals surface area contributed by atoms with Gasteiger partial charge in [0.15, 0.2) is 0 Å². The zero-order valence-electron chi connectivity index (χ0n) is 19.8. The van der Waals surface area contributed by atoms with Crippen molar-refractivity contribution in [2.24, 2.45) is 5.92 Å². The molecule has 1 aromatic heterocycles. The number of carbonyl (C=O) groups excluding carboxylic acids is 2. The molecule has 1 aliphatic carbocycles. The third-order valence-corrected chi connectivity index (χ3v) is 7.35. The molecule has 0 atom stereocenters. The lowest BCUT2D eigenvalue weighted by Gasteiger charge is -2.31. The van der Waals surface area contributed by atoms with Crippen LogP contribution in [0.15, 0.2) is 54.7 Å². The van der Waals surface area contributed by atoms with E-state index in [1.165, 1.54) is 0 Å². The molecule has 0 unspecified atom stereocenters. The summed E-state index contributed by atoms with van der Waals surface area (Å²) in [5.74, 6) is 0.754. The van der Waals surface area contributed by atoms with Crippen LogP contribution in [0.25, 0.3) is 10.9 Å². The molecule has 1 aliphatic heterocycles. The van der Waals surface area contributed by atoms with E-state index in [0.717, 1.165) is 72.9 Å². The van der Waals surface area contributed by atoms with Gasteiger partial charge in [0.1, 0.15) is 0 Å². The number of aromatic nitrogens is 1. The lowest BCUT2D eigenvalue weighted by Crippen LogP contribution is -2.40. The lowest BCUT2D eigenvalue weighted by atomic mass is 9.85. The van der Waals surface area contributed by atoms with Gasteiger partial charge in [-0.15, -0.1) is 0 Å². The van der Waals surface area contributed by atoms with E-state index in [9.17, 15) is 9.59 Å². The van der Waals surface area contributed by atoms with Gasteiger partial charge in [0.25, 0.3) is 5.91 Å². The highest BCUT2D eigenvalue weighted by Crippen LogP contribution is 2.29. The van der Waals surface area contributed by atoms with Crippen molar-refractivity contribution in [3.63, 3.8) is 0 Å². The number of ether oxygens (including phenoxy) is 1. The lowest BCUT2D eigenvalue weighted by molar-refractivity contribution is -0.121. The Morgan fingerprint density at radius 3 is 2.62 bits per heavy atom. The standard InChI is InChI=1S/C28H33N3O3/c1-34-15-14-30-19-22(24-7-4-5-9-26(24)30)16-27(32)29-23-12-10-20(11-13-23)17-31-18-21-6-2-3-8-25(21)28(31)33/h2-9,19-20,23H,10-18H2,1H3,(H,29,32). The summed E-state index contributed by atoms with van der Waals surface area (Å²) in [5, 5.41) is 4.40. The second-order valence-electron chi connectivity index (χ2n) is 9.66. The SMILES string of the molecule is COCCn1cc(CC(=O)NC2CCC(CN3Cc4ccccc4C3=O)CC2)c2ccccc21. The number of hydrogen-bond donors (Lipinski definition) is 1. The molecule has 2 heterocycles. The largest absolute Gasteiger partial charge is 0.383 e. The van der Waals surface area contributed by atoms with Gasteiger partial charge in [-0.3, -0.25) is 9.59 Å². The highest BCUT2D eigenvalue weighted by Gasteiger charge is 2.30. The molecule has 2 aliphatic rings. The van der Waals surface area contributed by atoms with Crippen molar-refractivity contribution in [3.8, 4) is 0 Å². The summed E-state index contributed by atoms with van der Waals surface area (Å²) >= 11 is 0. The molecule has 0 radical (unpaired) electrons. The van der Waals surface area contributed by atoms with Crippen LogP contribution >= 0.6 is 0 Å². The predicted octanol–water partition coefficient (Wildman–Crippen LogP) is 4.16. The maximum Gasteiger partial charge on any atom is 0.254 e. The summed E-state index contributed by atoms with van der Waals surface area (Å²) in [5.41, 5.74) is 4.19. The van der Waals surface area contributed by atoms with Crippen LogP contribution in [0.2, 0.25) is 0 Å². The second kappa shape index (κ2) is 10.0. The van der Waals surface area contributed by atoms with E-state index < -0.39 is 0 Å². The van der Waals surface area contributed by atoms with E-state index >= 15 is 0 Å². The van der Waals surface area contributed by atoms with E-state index in [0.29, 0.717) is 18.9 Å². The van der Waals surface area contributed by atoms with Crippen LogP contribution in [0.4, 0.5) is 0 Å². The molecule has 6 heteroatoms. The summed E-state index contributed by atoms with van der Waals surface area (Å²) in [6, 6.07) is 16.4. The number of rotatable bonds is 8. The summed E-state index contributed by atoms with van der Waals surface area (Å²) in [7, 11) is 1.71. The van der Waals surface area contributed by atoms with Crippen LogP contribution < -0.4 is 5.32 Å². The number of carbonyl (C=O) groups is 2. The second-order valence-corrected chi connectivity index (χ2v) is 9.66. The third-order valence-electron chi connectivity index (χ3n) is 7.35. The molecule has 2 amide bonds. The number of fused-ring (bicyclic) bond motifs is 2. The molecule has 0 saturated heterocycles. The number of benzene rings is 2. The summed E-state index contributed by atoms with van der Waals surface area (Å²) < 4.78 is 7.41. The van der Waals surface area contributed by atoms with E-state index in [-0.39, 0.29) is 17.9 Å². The Hall–Kier alpha value is -3.12. The number of methoxy groups -OCH3 is 1. The van der Waals surface area contributed by atoms with Crippen LogP contribution in [-0.4, -0.2) is 47.6 Å². The van der Waals surface area contributed by atoms with Gasteiger partial charge in [-0.05, 0) is 54.9 Å². The minimum absolute atomic E-state index is 0.0864. The normalized spacial score (nSPS) is 20.0. The average molecular weight is 460 g/mol. The smallest absolute Gasteiger partial charge is 0.254 e.